The minimum atomic E-state index is 0.280. The van der Waals surface area contributed by atoms with Gasteiger partial charge in [0.15, 0.2) is 0 Å². The summed E-state index contributed by atoms with van der Waals surface area (Å²) in [5, 5.41) is 3.49. The van der Waals surface area contributed by atoms with Crippen LogP contribution in [0.2, 0.25) is 0 Å². The first-order valence-corrected chi connectivity index (χ1v) is 4.36. The molecule has 11 heavy (non-hydrogen) atoms. The maximum Gasteiger partial charge on any atom is 0.0569 e. The van der Waals surface area contributed by atoms with Crippen molar-refractivity contribution in [1.82, 2.24) is 5.32 Å². The highest BCUT2D eigenvalue weighted by molar-refractivity contribution is 4.92. The van der Waals surface area contributed by atoms with Crippen LogP contribution in [0.4, 0.5) is 0 Å². The third-order valence-corrected chi connectivity index (χ3v) is 2.59. The van der Waals surface area contributed by atoms with E-state index in [4.69, 9.17) is 10.5 Å². The summed E-state index contributed by atoms with van der Waals surface area (Å²) in [6, 6.07) is 0.791. The zero-order chi connectivity index (χ0) is 7.73. The van der Waals surface area contributed by atoms with Crippen molar-refractivity contribution in [2.75, 3.05) is 26.3 Å². The summed E-state index contributed by atoms with van der Waals surface area (Å²) in [6.45, 7) is 3.51. The Morgan fingerprint density at radius 1 is 1.45 bits per heavy atom. The van der Waals surface area contributed by atoms with Crippen molar-refractivity contribution in [3.8, 4) is 0 Å². The summed E-state index contributed by atoms with van der Waals surface area (Å²) < 4.78 is 5.16. The highest BCUT2D eigenvalue weighted by atomic mass is 16.5. The van der Waals surface area contributed by atoms with Crippen LogP contribution in [-0.4, -0.2) is 32.3 Å². The predicted octanol–water partition coefficient (Wildman–Crippen LogP) is -0.286. The monoisotopic (exact) mass is 156 g/mol. The first kappa shape index (κ1) is 7.53. The molecule has 3 heteroatoms. The summed E-state index contributed by atoms with van der Waals surface area (Å²) in [5.74, 6) is 0. The molecule has 0 spiro atoms. The molecular weight excluding hydrogens is 140 g/mol. The van der Waals surface area contributed by atoms with Gasteiger partial charge in [-0.05, 0) is 12.8 Å². The van der Waals surface area contributed by atoms with Crippen molar-refractivity contribution in [2.45, 2.75) is 18.9 Å². The van der Waals surface area contributed by atoms with E-state index in [9.17, 15) is 0 Å². The Labute approximate surface area is 67.3 Å². The van der Waals surface area contributed by atoms with Gasteiger partial charge in [0, 0.05) is 24.5 Å². The van der Waals surface area contributed by atoms with Crippen molar-refractivity contribution in [1.29, 1.82) is 0 Å². The smallest absolute Gasteiger partial charge is 0.0569 e. The van der Waals surface area contributed by atoms with Gasteiger partial charge in [-0.3, -0.25) is 0 Å². The lowest BCUT2D eigenvalue weighted by molar-refractivity contribution is -0.105. The van der Waals surface area contributed by atoms with E-state index >= 15 is 0 Å². The van der Waals surface area contributed by atoms with Gasteiger partial charge in [-0.1, -0.05) is 0 Å². The summed E-state index contributed by atoms with van der Waals surface area (Å²) in [5.41, 5.74) is 5.94. The third-order valence-electron chi connectivity index (χ3n) is 2.59. The average molecular weight is 156 g/mol. The van der Waals surface area contributed by atoms with Gasteiger partial charge in [0.1, 0.15) is 0 Å². The first-order valence-electron chi connectivity index (χ1n) is 4.36. The lowest BCUT2D eigenvalue weighted by Crippen LogP contribution is -2.54. The van der Waals surface area contributed by atoms with Crippen LogP contribution >= 0.6 is 0 Å². The molecule has 2 aliphatic rings. The zero-order valence-electron chi connectivity index (χ0n) is 6.81. The number of hydrogen-bond donors (Lipinski definition) is 2. The highest BCUT2D eigenvalue weighted by Crippen LogP contribution is 2.27. The van der Waals surface area contributed by atoms with E-state index in [0.29, 0.717) is 0 Å². The van der Waals surface area contributed by atoms with E-state index in [1.807, 2.05) is 0 Å². The summed E-state index contributed by atoms with van der Waals surface area (Å²) in [6.07, 6.45) is 2.70. The van der Waals surface area contributed by atoms with Crippen LogP contribution in [-0.2, 0) is 4.74 Å². The van der Waals surface area contributed by atoms with Gasteiger partial charge in [0.2, 0.25) is 0 Å². The largest absolute Gasteiger partial charge is 0.380 e. The Morgan fingerprint density at radius 2 is 2.18 bits per heavy atom. The first-order chi connectivity index (χ1) is 5.35. The molecule has 64 valence electrons. The summed E-state index contributed by atoms with van der Waals surface area (Å²) >= 11 is 0. The molecule has 0 aromatic rings. The average Bonchev–Trinajstić information content (AvgIpc) is 2.70. The van der Waals surface area contributed by atoms with E-state index in [0.717, 1.165) is 32.3 Å². The van der Waals surface area contributed by atoms with Crippen molar-refractivity contribution >= 4 is 0 Å². The standard InChI is InChI=1S/C8H16N2O/c9-3-8(5-11-6-8)4-10-7-1-2-7/h7,10H,1-6,9H2. The van der Waals surface area contributed by atoms with Gasteiger partial charge in [0.25, 0.3) is 0 Å². The van der Waals surface area contributed by atoms with Crippen LogP contribution in [0, 0.1) is 5.41 Å². The number of rotatable bonds is 4. The molecule has 0 radical (unpaired) electrons. The zero-order valence-corrected chi connectivity index (χ0v) is 6.81. The molecule has 1 saturated carbocycles. The van der Waals surface area contributed by atoms with Crippen LogP contribution in [0.5, 0.6) is 0 Å². The number of hydrogen-bond acceptors (Lipinski definition) is 3. The van der Waals surface area contributed by atoms with Gasteiger partial charge in [-0.2, -0.15) is 0 Å². The molecule has 1 aliphatic heterocycles. The molecule has 1 heterocycles. The predicted molar refractivity (Wildman–Crippen MR) is 43.3 cm³/mol. The van der Waals surface area contributed by atoms with E-state index in [2.05, 4.69) is 5.32 Å². The molecule has 1 aliphatic carbocycles. The molecule has 2 rings (SSSR count). The Balaban J connectivity index is 1.72. The Kier molecular flexibility index (Phi) is 1.87. The molecule has 3 N–H and O–H groups in total. The minimum absolute atomic E-state index is 0.280. The molecular formula is C8H16N2O. The van der Waals surface area contributed by atoms with Crippen LogP contribution in [0.25, 0.3) is 0 Å². The van der Waals surface area contributed by atoms with Gasteiger partial charge in [0.05, 0.1) is 13.2 Å². The SMILES string of the molecule is NCC1(CNC2CC2)COC1. The van der Waals surface area contributed by atoms with Crippen LogP contribution in [0.3, 0.4) is 0 Å². The van der Waals surface area contributed by atoms with Crippen LogP contribution in [0.15, 0.2) is 0 Å². The van der Waals surface area contributed by atoms with Gasteiger partial charge in [-0.15, -0.1) is 0 Å². The Bertz CT molecular complexity index is 136. The van der Waals surface area contributed by atoms with Crippen molar-refractivity contribution in [3.63, 3.8) is 0 Å². The van der Waals surface area contributed by atoms with Gasteiger partial charge >= 0.3 is 0 Å². The highest BCUT2D eigenvalue weighted by Gasteiger charge is 2.38. The third kappa shape index (κ3) is 1.55. The van der Waals surface area contributed by atoms with E-state index < -0.39 is 0 Å². The van der Waals surface area contributed by atoms with E-state index in [1.54, 1.807) is 0 Å². The van der Waals surface area contributed by atoms with Crippen LogP contribution < -0.4 is 11.1 Å². The van der Waals surface area contributed by atoms with Crippen molar-refractivity contribution < 1.29 is 4.74 Å². The maximum atomic E-state index is 5.66. The minimum Gasteiger partial charge on any atom is -0.380 e. The second-order valence-corrected chi connectivity index (χ2v) is 3.85. The summed E-state index contributed by atoms with van der Waals surface area (Å²) in [4.78, 5) is 0. The second-order valence-electron chi connectivity index (χ2n) is 3.85. The Morgan fingerprint density at radius 3 is 2.55 bits per heavy atom. The molecule has 1 saturated heterocycles. The quantitative estimate of drug-likeness (QED) is 0.588. The molecule has 2 fully saturated rings. The molecule has 0 aromatic heterocycles. The molecule has 0 bridgehead atoms. The topological polar surface area (TPSA) is 47.3 Å². The molecule has 0 aromatic carbocycles. The van der Waals surface area contributed by atoms with E-state index in [-0.39, 0.29) is 5.41 Å². The fourth-order valence-electron chi connectivity index (χ4n) is 1.33. The fraction of sp³-hybridized carbons (Fsp3) is 1.00. The Hall–Kier alpha value is -0.120. The second kappa shape index (κ2) is 2.73. The molecule has 0 unspecified atom stereocenters. The van der Waals surface area contributed by atoms with Crippen molar-refractivity contribution in [3.05, 3.63) is 0 Å². The van der Waals surface area contributed by atoms with Gasteiger partial charge < -0.3 is 15.8 Å². The number of nitrogens with two attached hydrogens (primary N) is 1. The number of nitrogens with one attached hydrogen (secondary N) is 1. The summed E-state index contributed by atoms with van der Waals surface area (Å²) in [7, 11) is 0. The number of ether oxygens (including phenoxy) is 1. The van der Waals surface area contributed by atoms with Gasteiger partial charge in [-0.25, -0.2) is 0 Å². The van der Waals surface area contributed by atoms with Crippen molar-refractivity contribution in [2.24, 2.45) is 11.1 Å². The maximum absolute atomic E-state index is 5.66. The normalized spacial score (nSPS) is 28.1. The molecule has 0 atom stereocenters. The lowest BCUT2D eigenvalue weighted by atomic mass is 9.86. The molecule has 3 nitrogen and oxygen atoms in total. The molecule has 0 amide bonds. The fourth-order valence-corrected chi connectivity index (χ4v) is 1.33. The van der Waals surface area contributed by atoms with E-state index in [1.165, 1.54) is 12.8 Å². The van der Waals surface area contributed by atoms with Crippen LogP contribution in [0.1, 0.15) is 12.8 Å². The lowest BCUT2D eigenvalue weighted by Gasteiger charge is -2.40.